The first-order valence-electron chi connectivity index (χ1n) is 6.25. The van der Waals surface area contributed by atoms with E-state index in [9.17, 15) is 9.59 Å². The van der Waals surface area contributed by atoms with Crippen LogP contribution in [0.25, 0.3) is 0 Å². The molecule has 0 spiro atoms. The lowest BCUT2D eigenvalue weighted by molar-refractivity contribution is -0.139. The number of imidazole rings is 1. The first kappa shape index (κ1) is 11.2. The third-order valence-corrected chi connectivity index (χ3v) is 3.76. The second kappa shape index (κ2) is 4.40. The number of aromatic amines is 1. The molecule has 0 aromatic carbocycles. The van der Waals surface area contributed by atoms with Crippen LogP contribution in [0.5, 0.6) is 0 Å². The van der Waals surface area contributed by atoms with Gasteiger partial charge in [-0.2, -0.15) is 0 Å². The minimum atomic E-state index is -0.121. The normalized spacial score (nSPS) is 26.8. The molecule has 1 aromatic heterocycles. The molecule has 2 aliphatic rings. The van der Waals surface area contributed by atoms with Crippen LogP contribution in [0.4, 0.5) is 0 Å². The van der Waals surface area contributed by atoms with E-state index in [-0.39, 0.29) is 23.7 Å². The molecule has 0 radical (unpaired) electrons. The number of carbonyl (C=O) groups is 2. The zero-order valence-electron chi connectivity index (χ0n) is 10.0. The predicted octanol–water partition coefficient (Wildman–Crippen LogP) is 0.903. The van der Waals surface area contributed by atoms with E-state index in [2.05, 4.69) is 9.97 Å². The lowest BCUT2D eigenvalue weighted by atomic mass is 9.85. The highest BCUT2D eigenvalue weighted by Crippen LogP contribution is 2.34. The molecule has 1 aromatic rings. The number of aromatic nitrogens is 2. The van der Waals surface area contributed by atoms with E-state index in [4.69, 9.17) is 0 Å². The third-order valence-electron chi connectivity index (χ3n) is 3.76. The second-order valence-corrected chi connectivity index (χ2v) is 4.81. The summed E-state index contributed by atoms with van der Waals surface area (Å²) in [6.07, 6.45) is 9.39. The molecular formula is C13H15N3O2. The summed E-state index contributed by atoms with van der Waals surface area (Å²) < 4.78 is 0. The maximum absolute atomic E-state index is 12.2. The number of fused-ring (bicyclic) bond motifs is 1. The standard InChI is InChI=1S/C13H15N3O2/c17-12-10-3-1-2-4-11(10)13(18)16(12)6-5-9-7-14-8-15-9/h1-2,7-8,10-11H,3-6H2,(H,14,15). The van der Waals surface area contributed by atoms with Crippen molar-refractivity contribution in [1.82, 2.24) is 14.9 Å². The number of rotatable bonds is 3. The van der Waals surface area contributed by atoms with E-state index in [1.807, 2.05) is 12.2 Å². The molecule has 1 saturated heterocycles. The number of H-pyrrole nitrogens is 1. The van der Waals surface area contributed by atoms with Crippen molar-refractivity contribution >= 4 is 11.8 Å². The van der Waals surface area contributed by atoms with Gasteiger partial charge in [-0.25, -0.2) is 4.98 Å². The van der Waals surface area contributed by atoms with Crippen LogP contribution in [0.15, 0.2) is 24.7 Å². The molecule has 5 heteroatoms. The molecular weight excluding hydrogens is 230 g/mol. The van der Waals surface area contributed by atoms with E-state index in [1.165, 1.54) is 4.90 Å². The van der Waals surface area contributed by atoms with Crippen molar-refractivity contribution in [3.63, 3.8) is 0 Å². The van der Waals surface area contributed by atoms with Crippen molar-refractivity contribution in [3.8, 4) is 0 Å². The van der Waals surface area contributed by atoms with Gasteiger partial charge in [0.2, 0.25) is 11.8 Å². The zero-order chi connectivity index (χ0) is 12.5. The Balaban J connectivity index is 1.70. The molecule has 1 fully saturated rings. The van der Waals surface area contributed by atoms with Crippen molar-refractivity contribution in [2.24, 2.45) is 11.8 Å². The molecule has 18 heavy (non-hydrogen) atoms. The van der Waals surface area contributed by atoms with Crippen LogP contribution in [0.1, 0.15) is 18.5 Å². The van der Waals surface area contributed by atoms with E-state index in [0.717, 1.165) is 5.69 Å². The first-order valence-corrected chi connectivity index (χ1v) is 6.25. The minimum Gasteiger partial charge on any atom is -0.348 e. The highest BCUT2D eigenvalue weighted by atomic mass is 16.2. The van der Waals surface area contributed by atoms with Crippen molar-refractivity contribution in [3.05, 3.63) is 30.4 Å². The van der Waals surface area contributed by atoms with Crippen LogP contribution in [0, 0.1) is 11.8 Å². The number of allylic oxidation sites excluding steroid dienone is 2. The van der Waals surface area contributed by atoms with E-state index in [1.54, 1.807) is 12.5 Å². The average molecular weight is 245 g/mol. The Kier molecular flexibility index (Phi) is 2.74. The fraction of sp³-hybridized carbons (Fsp3) is 0.462. The number of nitrogens with zero attached hydrogens (tertiary/aromatic N) is 2. The van der Waals surface area contributed by atoms with Crippen LogP contribution < -0.4 is 0 Å². The summed E-state index contributed by atoms with van der Waals surface area (Å²) in [5.41, 5.74) is 0.948. The van der Waals surface area contributed by atoms with Crippen molar-refractivity contribution in [2.75, 3.05) is 6.54 Å². The lowest BCUT2D eigenvalue weighted by Gasteiger charge is -2.14. The fourth-order valence-electron chi connectivity index (χ4n) is 2.74. The van der Waals surface area contributed by atoms with Gasteiger partial charge in [0.15, 0.2) is 0 Å². The third kappa shape index (κ3) is 1.75. The molecule has 2 heterocycles. The van der Waals surface area contributed by atoms with E-state index >= 15 is 0 Å². The molecule has 94 valence electrons. The summed E-state index contributed by atoms with van der Waals surface area (Å²) in [4.78, 5) is 32.6. The molecule has 1 N–H and O–H groups in total. The predicted molar refractivity (Wildman–Crippen MR) is 64.4 cm³/mol. The van der Waals surface area contributed by atoms with Gasteiger partial charge in [-0.3, -0.25) is 14.5 Å². The summed E-state index contributed by atoms with van der Waals surface area (Å²) in [5, 5.41) is 0. The van der Waals surface area contributed by atoms with Crippen molar-refractivity contribution < 1.29 is 9.59 Å². The van der Waals surface area contributed by atoms with Gasteiger partial charge in [0.25, 0.3) is 0 Å². The Hall–Kier alpha value is -1.91. The summed E-state index contributed by atoms with van der Waals surface area (Å²) in [6.45, 7) is 0.451. The molecule has 5 nitrogen and oxygen atoms in total. The maximum atomic E-state index is 12.2. The Bertz CT molecular complexity index is 466. The van der Waals surface area contributed by atoms with Crippen LogP contribution in [0.3, 0.4) is 0 Å². The summed E-state index contributed by atoms with van der Waals surface area (Å²) in [5.74, 6) is -0.253. The van der Waals surface area contributed by atoms with Gasteiger partial charge in [0.05, 0.1) is 18.2 Å². The van der Waals surface area contributed by atoms with Crippen LogP contribution in [-0.2, 0) is 16.0 Å². The second-order valence-electron chi connectivity index (χ2n) is 4.81. The molecule has 0 saturated carbocycles. The lowest BCUT2D eigenvalue weighted by Crippen LogP contribution is -2.33. The highest BCUT2D eigenvalue weighted by Gasteiger charge is 2.46. The number of likely N-dealkylation sites (tertiary alicyclic amines) is 1. The molecule has 0 bridgehead atoms. The average Bonchev–Trinajstić information content (AvgIpc) is 2.98. The number of hydrogen-bond donors (Lipinski definition) is 1. The Morgan fingerprint density at radius 3 is 2.44 bits per heavy atom. The Morgan fingerprint density at radius 1 is 1.22 bits per heavy atom. The minimum absolute atomic E-state index is 0.00568. The van der Waals surface area contributed by atoms with Gasteiger partial charge in [0.1, 0.15) is 0 Å². The number of imide groups is 1. The van der Waals surface area contributed by atoms with Crippen molar-refractivity contribution in [2.45, 2.75) is 19.3 Å². The zero-order valence-corrected chi connectivity index (χ0v) is 10.0. The summed E-state index contributed by atoms with van der Waals surface area (Å²) in [6, 6.07) is 0. The summed E-state index contributed by atoms with van der Waals surface area (Å²) in [7, 11) is 0. The van der Waals surface area contributed by atoms with Gasteiger partial charge in [-0.15, -0.1) is 0 Å². The van der Waals surface area contributed by atoms with E-state index in [0.29, 0.717) is 25.8 Å². The molecule has 1 aliphatic heterocycles. The number of carbonyl (C=O) groups excluding carboxylic acids is 2. The van der Waals surface area contributed by atoms with Crippen molar-refractivity contribution in [1.29, 1.82) is 0 Å². The Morgan fingerprint density at radius 2 is 1.89 bits per heavy atom. The van der Waals surface area contributed by atoms with Gasteiger partial charge in [-0.1, -0.05) is 12.2 Å². The topological polar surface area (TPSA) is 66.1 Å². The first-order chi connectivity index (χ1) is 8.77. The maximum Gasteiger partial charge on any atom is 0.233 e. The van der Waals surface area contributed by atoms with Crippen LogP contribution in [-0.4, -0.2) is 33.2 Å². The number of hydrogen-bond acceptors (Lipinski definition) is 3. The number of nitrogens with one attached hydrogen (secondary N) is 1. The smallest absolute Gasteiger partial charge is 0.233 e. The largest absolute Gasteiger partial charge is 0.348 e. The Labute approximate surface area is 105 Å². The van der Waals surface area contributed by atoms with Gasteiger partial charge in [-0.05, 0) is 12.8 Å². The fourth-order valence-corrected chi connectivity index (χ4v) is 2.74. The van der Waals surface area contributed by atoms with Crippen LogP contribution >= 0.6 is 0 Å². The SMILES string of the molecule is O=C1C2CC=CCC2C(=O)N1CCc1cnc[nH]1. The molecule has 2 atom stereocenters. The monoisotopic (exact) mass is 245 g/mol. The van der Waals surface area contributed by atoms with Gasteiger partial charge in [0, 0.05) is 24.9 Å². The van der Waals surface area contributed by atoms with Gasteiger partial charge < -0.3 is 4.98 Å². The highest BCUT2D eigenvalue weighted by molar-refractivity contribution is 6.05. The summed E-state index contributed by atoms with van der Waals surface area (Å²) >= 11 is 0. The van der Waals surface area contributed by atoms with Crippen LogP contribution in [0.2, 0.25) is 0 Å². The van der Waals surface area contributed by atoms with Gasteiger partial charge >= 0.3 is 0 Å². The molecule has 3 rings (SSSR count). The molecule has 1 aliphatic carbocycles. The molecule has 2 amide bonds. The number of amides is 2. The quantitative estimate of drug-likeness (QED) is 0.635. The van der Waals surface area contributed by atoms with E-state index < -0.39 is 0 Å². The molecule has 2 unspecified atom stereocenters.